The largest absolute Gasteiger partial charge is 0.477 e. The third kappa shape index (κ3) is 2.32. The van der Waals surface area contributed by atoms with Crippen LogP contribution < -0.4 is 0 Å². The molecule has 0 atom stereocenters. The molecule has 0 fully saturated rings. The van der Waals surface area contributed by atoms with Gasteiger partial charge in [0.15, 0.2) is 0 Å². The van der Waals surface area contributed by atoms with Crippen LogP contribution >= 0.6 is 11.3 Å². The first-order chi connectivity index (χ1) is 10.5. The van der Waals surface area contributed by atoms with E-state index in [1.807, 2.05) is 0 Å². The van der Waals surface area contributed by atoms with E-state index in [9.17, 15) is 14.4 Å². The van der Waals surface area contributed by atoms with Crippen LogP contribution in [0.15, 0.2) is 30.3 Å². The molecule has 0 spiro atoms. The lowest BCUT2D eigenvalue weighted by molar-refractivity contribution is 0.0701. The number of halogens is 1. The number of nitrogens with zero attached hydrogens (tertiary/aromatic N) is 2. The molecule has 1 aromatic heterocycles. The van der Waals surface area contributed by atoms with Crippen molar-refractivity contribution in [2.45, 2.75) is 6.92 Å². The zero-order valence-corrected chi connectivity index (χ0v) is 12.2. The molecule has 1 heterocycles. The fourth-order valence-corrected chi connectivity index (χ4v) is 3.17. The first-order valence-electron chi connectivity index (χ1n) is 6.34. The van der Waals surface area contributed by atoms with Crippen LogP contribution in [0.3, 0.4) is 0 Å². The highest BCUT2D eigenvalue weighted by molar-refractivity contribution is 7.17. The van der Waals surface area contributed by atoms with E-state index in [1.54, 1.807) is 25.1 Å². The summed E-state index contributed by atoms with van der Waals surface area (Å²) in [5.41, 5.74) is 1.43. The Morgan fingerprint density at radius 3 is 2.77 bits per heavy atom. The van der Waals surface area contributed by atoms with Gasteiger partial charge < -0.3 is 5.11 Å². The Labute approximate surface area is 129 Å². The summed E-state index contributed by atoms with van der Waals surface area (Å²) in [5, 5.41) is 20.1. The summed E-state index contributed by atoms with van der Waals surface area (Å²) in [6.45, 7) is 1.62. The number of thiazole rings is 1. The average molecular weight is 312 g/mol. The standard InChI is InChI=1S/C16H9FN2O2S/c1-8-14(16(20)21)22-15(19-8)10-4-9-6-12(17)2-3-13(9)11(5-10)7-18/h2-6H,1H3,(H,20,21). The van der Waals surface area contributed by atoms with Crippen molar-refractivity contribution in [1.29, 1.82) is 5.26 Å². The highest BCUT2D eigenvalue weighted by atomic mass is 32.1. The zero-order valence-electron chi connectivity index (χ0n) is 11.4. The van der Waals surface area contributed by atoms with Crippen molar-refractivity contribution in [3.8, 4) is 16.6 Å². The number of carbonyl (C=O) groups is 1. The Balaban J connectivity index is 2.25. The van der Waals surface area contributed by atoms with Crippen molar-refractivity contribution >= 4 is 28.1 Å². The van der Waals surface area contributed by atoms with Crippen molar-refractivity contribution in [2.75, 3.05) is 0 Å². The van der Waals surface area contributed by atoms with Gasteiger partial charge in [-0.2, -0.15) is 5.26 Å². The molecule has 0 aliphatic heterocycles. The van der Waals surface area contributed by atoms with Gasteiger partial charge in [-0.15, -0.1) is 11.3 Å². The Hall–Kier alpha value is -2.78. The molecule has 0 saturated carbocycles. The summed E-state index contributed by atoms with van der Waals surface area (Å²) in [6.07, 6.45) is 0. The maximum Gasteiger partial charge on any atom is 0.347 e. The lowest BCUT2D eigenvalue weighted by Crippen LogP contribution is -1.94. The van der Waals surface area contributed by atoms with Gasteiger partial charge in [-0.3, -0.25) is 0 Å². The Morgan fingerprint density at radius 2 is 2.14 bits per heavy atom. The number of nitriles is 1. The molecule has 0 amide bonds. The second-order valence-corrected chi connectivity index (χ2v) is 5.74. The summed E-state index contributed by atoms with van der Waals surface area (Å²) < 4.78 is 13.4. The van der Waals surface area contributed by atoms with Gasteiger partial charge in [0.1, 0.15) is 15.7 Å². The molecule has 3 aromatic rings. The second kappa shape index (κ2) is 5.20. The van der Waals surface area contributed by atoms with Crippen LogP contribution in [0.25, 0.3) is 21.3 Å². The third-order valence-corrected chi connectivity index (χ3v) is 4.47. The molecule has 108 valence electrons. The highest BCUT2D eigenvalue weighted by Gasteiger charge is 2.16. The van der Waals surface area contributed by atoms with E-state index >= 15 is 0 Å². The summed E-state index contributed by atoms with van der Waals surface area (Å²) in [6, 6.07) is 9.64. The van der Waals surface area contributed by atoms with E-state index in [1.165, 1.54) is 12.1 Å². The molecule has 2 aromatic carbocycles. The monoisotopic (exact) mass is 312 g/mol. The third-order valence-electron chi connectivity index (χ3n) is 3.27. The minimum absolute atomic E-state index is 0.160. The number of hydrogen-bond donors (Lipinski definition) is 1. The van der Waals surface area contributed by atoms with Gasteiger partial charge in [0.25, 0.3) is 0 Å². The molecule has 1 N–H and O–H groups in total. The van der Waals surface area contributed by atoms with Crippen LogP contribution in [0.4, 0.5) is 4.39 Å². The first-order valence-corrected chi connectivity index (χ1v) is 7.16. The van der Waals surface area contributed by atoms with Gasteiger partial charge in [-0.05, 0) is 42.0 Å². The topological polar surface area (TPSA) is 74.0 Å². The predicted octanol–water partition coefficient (Wildman–Crippen LogP) is 3.98. The van der Waals surface area contributed by atoms with Gasteiger partial charge in [0.05, 0.1) is 17.3 Å². The minimum Gasteiger partial charge on any atom is -0.477 e. The Morgan fingerprint density at radius 1 is 1.36 bits per heavy atom. The molecule has 4 nitrogen and oxygen atoms in total. The lowest BCUT2D eigenvalue weighted by Gasteiger charge is -2.04. The molecule has 0 aliphatic carbocycles. The van der Waals surface area contributed by atoms with E-state index < -0.39 is 11.8 Å². The van der Waals surface area contributed by atoms with E-state index in [2.05, 4.69) is 11.1 Å². The van der Waals surface area contributed by atoms with Gasteiger partial charge in [-0.25, -0.2) is 14.2 Å². The molecule has 3 rings (SSSR count). The molecule has 0 bridgehead atoms. The number of aryl methyl sites for hydroxylation is 1. The molecule has 0 aliphatic rings. The van der Waals surface area contributed by atoms with Crippen LogP contribution in [0.5, 0.6) is 0 Å². The van der Waals surface area contributed by atoms with Gasteiger partial charge >= 0.3 is 5.97 Å². The summed E-state index contributed by atoms with van der Waals surface area (Å²) >= 11 is 1.04. The van der Waals surface area contributed by atoms with Crippen molar-refractivity contribution in [3.05, 3.63) is 52.3 Å². The Bertz CT molecular complexity index is 957. The van der Waals surface area contributed by atoms with Crippen LogP contribution in [0.2, 0.25) is 0 Å². The number of carboxylic acid groups (broad SMARTS) is 1. The van der Waals surface area contributed by atoms with Crippen molar-refractivity contribution in [1.82, 2.24) is 4.98 Å². The minimum atomic E-state index is -1.03. The number of benzene rings is 2. The molecule has 0 radical (unpaired) electrons. The molecule has 6 heteroatoms. The second-order valence-electron chi connectivity index (χ2n) is 4.74. The first kappa shape index (κ1) is 14.2. The summed E-state index contributed by atoms with van der Waals surface area (Å²) in [5.74, 6) is -1.43. The quantitative estimate of drug-likeness (QED) is 0.776. The van der Waals surface area contributed by atoms with E-state index in [4.69, 9.17) is 5.11 Å². The average Bonchev–Trinajstić information content (AvgIpc) is 2.87. The van der Waals surface area contributed by atoms with Gasteiger partial charge in [-0.1, -0.05) is 6.07 Å². The van der Waals surface area contributed by atoms with Gasteiger partial charge in [0.2, 0.25) is 0 Å². The van der Waals surface area contributed by atoms with Crippen LogP contribution in [0.1, 0.15) is 20.9 Å². The fourth-order valence-electron chi connectivity index (χ4n) is 2.28. The van der Waals surface area contributed by atoms with Crippen molar-refractivity contribution in [2.24, 2.45) is 0 Å². The van der Waals surface area contributed by atoms with E-state index in [-0.39, 0.29) is 4.88 Å². The number of hydrogen-bond acceptors (Lipinski definition) is 4. The summed E-state index contributed by atoms with van der Waals surface area (Å²) in [4.78, 5) is 15.5. The lowest BCUT2D eigenvalue weighted by atomic mass is 10.0. The van der Waals surface area contributed by atoms with Gasteiger partial charge in [0, 0.05) is 5.56 Å². The predicted molar refractivity (Wildman–Crippen MR) is 81.4 cm³/mol. The van der Waals surface area contributed by atoms with Crippen LogP contribution in [-0.2, 0) is 0 Å². The molecule has 0 saturated heterocycles. The molecule has 22 heavy (non-hydrogen) atoms. The van der Waals surface area contributed by atoms with Crippen molar-refractivity contribution < 1.29 is 14.3 Å². The van der Waals surface area contributed by atoms with Crippen molar-refractivity contribution in [3.63, 3.8) is 0 Å². The molecular formula is C16H9FN2O2S. The number of rotatable bonds is 2. The van der Waals surface area contributed by atoms with E-state index in [0.717, 1.165) is 11.3 Å². The summed E-state index contributed by atoms with van der Waals surface area (Å²) in [7, 11) is 0. The number of aromatic nitrogens is 1. The normalized spacial score (nSPS) is 10.6. The van der Waals surface area contributed by atoms with Crippen LogP contribution in [-0.4, -0.2) is 16.1 Å². The maximum atomic E-state index is 13.4. The molecular weight excluding hydrogens is 303 g/mol. The maximum absolute atomic E-state index is 13.4. The molecule has 0 unspecified atom stereocenters. The smallest absolute Gasteiger partial charge is 0.347 e. The fraction of sp³-hybridized carbons (Fsp3) is 0.0625. The number of fused-ring (bicyclic) bond motifs is 1. The number of carboxylic acids is 1. The van der Waals surface area contributed by atoms with Crippen LogP contribution in [0, 0.1) is 24.1 Å². The SMILES string of the molecule is Cc1nc(-c2cc(C#N)c3ccc(F)cc3c2)sc1C(=O)O. The zero-order chi connectivity index (χ0) is 15.9. The highest BCUT2D eigenvalue weighted by Crippen LogP contribution is 2.32. The Kier molecular flexibility index (Phi) is 3.35. The number of aromatic carboxylic acids is 1. The van der Waals surface area contributed by atoms with E-state index in [0.29, 0.717) is 32.6 Å².